The molecule has 0 radical (unpaired) electrons. The van der Waals surface area contributed by atoms with Crippen molar-refractivity contribution >= 4 is 17.6 Å². The van der Waals surface area contributed by atoms with Crippen LogP contribution in [0.2, 0.25) is 0 Å². The van der Waals surface area contributed by atoms with E-state index in [1.54, 1.807) is 17.4 Å². The molecule has 0 spiro atoms. The first-order valence-corrected chi connectivity index (χ1v) is 8.64. The number of likely N-dealkylation sites (tertiary alicyclic amines) is 1. The van der Waals surface area contributed by atoms with Crippen LogP contribution in [0.25, 0.3) is 11.3 Å². The average molecular weight is 339 g/mol. The van der Waals surface area contributed by atoms with Gasteiger partial charge in [-0.15, -0.1) is 0 Å². The van der Waals surface area contributed by atoms with Gasteiger partial charge in [-0.25, -0.2) is 9.78 Å². The van der Waals surface area contributed by atoms with Crippen LogP contribution in [0.5, 0.6) is 0 Å². The Bertz CT molecular complexity index is 774. The molecular weight excluding hydrogens is 318 g/mol. The van der Waals surface area contributed by atoms with E-state index in [-0.39, 0.29) is 23.9 Å². The molecule has 3 amide bonds. The van der Waals surface area contributed by atoms with Gasteiger partial charge in [0.2, 0.25) is 5.91 Å². The van der Waals surface area contributed by atoms with Gasteiger partial charge in [-0.05, 0) is 25.0 Å². The molecule has 1 aromatic carbocycles. The fourth-order valence-electron chi connectivity index (χ4n) is 3.60. The first-order chi connectivity index (χ1) is 12.2. The van der Waals surface area contributed by atoms with Gasteiger partial charge in [0.05, 0.1) is 24.1 Å². The zero-order valence-electron chi connectivity index (χ0n) is 13.9. The third-order valence-electron chi connectivity index (χ3n) is 4.91. The summed E-state index contributed by atoms with van der Waals surface area (Å²) in [7, 11) is 0. The predicted molar refractivity (Wildman–Crippen MR) is 93.9 cm³/mol. The van der Waals surface area contributed by atoms with Crippen molar-refractivity contribution in [2.75, 3.05) is 18.4 Å². The molecule has 3 heterocycles. The maximum absolute atomic E-state index is 12.7. The van der Waals surface area contributed by atoms with Crippen LogP contribution >= 0.6 is 0 Å². The van der Waals surface area contributed by atoms with Crippen molar-refractivity contribution in [2.24, 2.45) is 5.92 Å². The SMILES string of the molecule is O=C1N[C@@H]2CCC[C@H]1CN(C(=O)Nc1cccc(-c3cnc[nH]3)c1)C2. The Balaban J connectivity index is 1.49. The number of imidazole rings is 1. The van der Waals surface area contributed by atoms with Gasteiger partial charge in [0.15, 0.2) is 0 Å². The third-order valence-corrected chi connectivity index (χ3v) is 4.91. The first kappa shape index (κ1) is 15.7. The number of nitrogens with one attached hydrogen (secondary N) is 3. The summed E-state index contributed by atoms with van der Waals surface area (Å²) in [6, 6.07) is 7.53. The highest BCUT2D eigenvalue weighted by molar-refractivity contribution is 5.91. The van der Waals surface area contributed by atoms with Crippen LogP contribution in [-0.4, -0.2) is 45.9 Å². The van der Waals surface area contributed by atoms with Crippen molar-refractivity contribution in [3.63, 3.8) is 0 Å². The van der Waals surface area contributed by atoms with Gasteiger partial charge < -0.3 is 20.5 Å². The minimum atomic E-state index is -0.157. The number of hydrogen-bond acceptors (Lipinski definition) is 3. The van der Waals surface area contributed by atoms with E-state index in [1.165, 1.54) is 0 Å². The number of aromatic nitrogens is 2. The van der Waals surface area contributed by atoms with Crippen LogP contribution in [0.4, 0.5) is 10.5 Å². The third kappa shape index (κ3) is 3.35. The lowest BCUT2D eigenvalue weighted by Crippen LogP contribution is -2.43. The quantitative estimate of drug-likeness (QED) is 0.783. The zero-order chi connectivity index (χ0) is 17.2. The van der Waals surface area contributed by atoms with E-state index in [9.17, 15) is 9.59 Å². The van der Waals surface area contributed by atoms with Crippen molar-refractivity contribution in [3.8, 4) is 11.3 Å². The van der Waals surface area contributed by atoms with Gasteiger partial charge >= 0.3 is 6.03 Å². The van der Waals surface area contributed by atoms with E-state index >= 15 is 0 Å². The Morgan fingerprint density at radius 2 is 2.20 bits per heavy atom. The highest BCUT2D eigenvalue weighted by atomic mass is 16.2. The summed E-state index contributed by atoms with van der Waals surface area (Å²) in [6.45, 7) is 1.04. The summed E-state index contributed by atoms with van der Waals surface area (Å²) in [5.74, 6) is -0.0198. The predicted octanol–water partition coefficient (Wildman–Crippen LogP) is 2.21. The van der Waals surface area contributed by atoms with E-state index in [1.807, 2.05) is 24.3 Å². The highest BCUT2D eigenvalue weighted by Gasteiger charge is 2.34. The molecule has 130 valence electrons. The number of amides is 3. The number of urea groups is 1. The van der Waals surface area contributed by atoms with Gasteiger partial charge in [0.1, 0.15) is 0 Å². The number of hydrogen-bond donors (Lipinski definition) is 3. The van der Waals surface area contributed by atoms with Gasteiger partial charge in [-0.1, -0.05) is 18.6 Å². The smallest absolute Gasteiger partial charge is 0.321 e. The van der Waals surface area contributed by atoms with Crippen LogP contribution in [0.1, 0.15) is 19.3 Å². The molecule has 7 heteroatoms. The van der Waals surface area contributed by atoms with Crippen molar-refractivity contribution in [1.82, 2.24) is 20.2 Å². The second-order valence-corrected chi connectivity index (χ2v) is 6.71. The molecule has 2 atom stereocenters. The van der Waals surface area contributed by atoms with Crippen LogP contribution in [0.15, 0.2) is 36.8 Å². The van der Waals surface area contributed by atoms with Gasteiger partial charge in [-0.3, -0.25) is 4.79 Å². The number of carbonyl (C=O) groups excluding carboxylic acids is 2. The van der Waals surface area contributed by atoms with Crippen LogP contribution in [0.3, 0.4) is 0 Å². The average Bonchev–Trinajstić information content (AvgIpc) is 3.00. The lowest BCUT2D eigenvalue weighted by molar-refractivity contribution is -0.124. The fourth-order valence-corrected chi connectivity index (χ4v) is 3.60. The number of carbonyl (C=O) groups is 2. The largest absolute Gasteiger partial charge is 0.351 e. The number of rotatable bonds is 2. The first-order valence-electron chi connectivity index (χ1n) is 8.64. The summed E-state index contributed by atoms with van der Waals surface area (Å²) in [5.41, 5.74) is 2.58. The molecular formula is C18H21N5O2. The molecule has 2 fully saturated rings. The Morgan fingerprint density at radius 1 is 1.28 bits per heavy atom. The van der Waals surface area contributed by atoms with Crippen molar-refractivity contribution in [2.45, 2.75) is 25.3 Å². The molecule has 2 aliphatic heterocycles. The topological polar surface area (TPSA) is 90.1 Å². The van der Waals surface area contributed by atoms with Crippen LogP contribution < -0.4 is 10.6 Å². The number of aromatic amines is 1. The molecule has 2 bridgehead atoms. The normalized spacial score (nSPS) is 22.9. The van der Waals surface area contributed by atoms with Crippen molar-refractivity contribution < 1.29 is 9.59 Å². The number of nitrogens with zero attached hydrogens (tertiary/aromatic N) is 2. The maximum atomic E-state index is 12.7. The zero-order valence-corrected chi connectivity index (χ0v) is 13.9. The molecule has 7 nitrogen and oxygen atoms in total. The summed E-state index contributed by atoms with van der Waals surface area (Å²) in [6.07, 6.45) is 6.19. The van der Waals surface area contributed by atoms with Gasteiger partial charge in [-0.2, -0.15) is 0 Å². The van der Waals surface area contributed by atoms with Crippen LogP contribution in [-0.2, 0) is 4.79 Å². The standard InChI is InChI=1S/C18H21N5O2/c24-17-13-4-2-6-15(21-17)10-23(9-13)18(25)22-14-5-1-3-12(7-14)16-8-19-11-20-16/h1,3,5,7-8,11,13,15H,2,4,6,9-10H2,(H,19,20)(H,21,24)(H,22,25)/t13-,15+/m0/s1. The molecule has 2 aromatic rings. The minimum absolute atomic E-state index is 0.0575. The van der Waals surface area contributed by atoms with E-state index in [0.29, 0.717) is 13.1 Å². The fraction of sp³-hybridized carbons (Fsp3) is 0.389. The number of benzene rings is 1. The highest BCUT2D eigenvalue weighted by Crippen LogP contribution is 2.24. The lowest BCUT2D eigenvalue weighted by atomic mass is 9.99. The van der Waals surface area contributed by atoms with E-state index in [0.717, 1.165) is 36.2 Å². The molecule has 25 heavy (non-hydrogen) atoms. The lowest BCUT2D eigenvalue weighted by Gasteiger charge is -2.27. The summed E-state index contributed by atoms with van der Waals surface area (Å²) in [5, 5.41) is 6.00. The molecule has 0 aliphatic carbocycles. The summed E-state index contributed by atoms with van der Waals surface area (Å²) >= 11 is 0. The Labute approximate surface area is 145 Å². The molecule has 3 N–H and O–H groups in total. The molecule has 4 rings (SSSR count). The number of fused-ring (bicyclic) bond motifs is 3. The molecule has 0 saturated carbocycles. The summed E-state index contributed by atoms with van der Waals surface area (Å²) in [4.78, 5) is 33.7. The number of H-pyrrole nitrogens is 1. The second-order valence-electron chi connectivity index (χ2n) is 6.71. The van der Waals surface area contributed by atoms with E-state index < -0.39 is 0 Å². The van der Waals surface area contributed by atoms with Crippen molar-refractivity contribution in [3.05, 3.63) is 36.8 Å². The Kier molecular flexibility index (Phi) is 4.13. The maximum Gasteiger partial charge on any atom is 0.321 e. The summed E-state index contributed by atoms with van der Waals surface area (Å²) < 4.78 is 0. The van der Waals surface area contributed by atoms with Gasteiger partial charge in [0, 0.05) is 30.4 Å². The minimum Gasteiger partial charge on any atom is -0.351 e. The Morgan fingerprint density at radius 3 is 3.04 bits per heavy atom. The van der Waals surface area contributed by atoms with E-state index in [4.69, 9.17) is 0 Å². The molecule has 2 aliphatic rings. The van der Waals surface area contributed by atoms with Gasteiger partial charge in [0.25, 0.3) is 0 Å². The Hall–Kier alpha value is -2.83. The van der Waals surface area contributed by atoms with Crippen LogP contribution in [0, 0.1) is 5.92 Å². The monoisotopic (exact) mass is 339 g/mol. The van der Waals surface area contributed by atoms with E-state index in [2.05, 4.69) is 20.6 Å². The second kappa shape index (κ2) is 6.58. The number of anilines is 1. The molecule has 1 aromatic heterocycles. The van der Waals surface area contributed by atoms with Crippen molar-refractivity contribution in [1.29, 1.82) is 0 Å². The molecule has 2 saturated heterocycles. The molecule has 0 unspecified atom stereocenters.